The van der Waals surface area contributed by atoms with E-state index in [2.05, 4.69) is 4.74 Å². The van der Waals surface area contributed by atoms with Crippen LogP contribution in [0.4, 0.5) is 13.2 Å². The predicted molar refractivity (Wildman–Crippen MR) is 47.9 cm³/mol. The Morgan fingerprint density at radius 1 is 1.40 bits per heavy atom. The molecule has 0 aromatic heterocycles. The molecule has 0 aliphatic carbocycles. The highest BCUT2D eigenvalue weighted by Crippen LogP contribution is 2.29. The molecule has 0 saturated carbocycles. The van der Waals surface area contributed by atoms with E-state index >= 15 is 0 Å². The molecule has 0 bridgehead atoms. The van der Waals surface area contributed by atoms with E-state index in [1.165, 1.54) is 7.11 Å². The molecule has 5 heteroatoms. The number of carbonyl (C=O) groups is 1. The Balaban J connectivity index is 3.38. The number of Topliss-reactive ketones (excluding diaryl/α,β-unsaturated/α-hetero) is 1. The Morgan fingerprint density at radius 3 is 2.40 bits per heavy atom. The van der Waals surface area contributed by atoms with Crippen LogP contribution in [0.1, 0.15) is 29.3 Å². The van der Waals surface area contributed by atoms with Gasteiger partial charge in [-0.2, -0.15) is 0 Å². The van der Waals surface area contributed by atoms with Gasteiger partial charge in [-0.3, -0.25) is 4.79 Å². The van der Waals surface area contributed by atoms with Crippen LogP contribution < -0.4 is 4.74 Å². The molecule has 1 aromatic rings. The molecular weight excluding hydrogens is 209 g/mol. The molecule has 2 nitrogen and oxygen atoms in total. The SMILES string of the molecule is COc1cc(C(F)F)c(C(C)=O)cc1F. The third-order valence-electron chi connectivity index (χ3n) is 1.94. The van der Waals surface area contributed by atoms with Crippen LogP contribution in [0.5, 0.6) is 5.75 Å². The van der Waals surface area contributed by atoms with Crippen molar-refractivity contribution in [1.82, 2.24) is 0 Å². The highest BCUT2D eigenvalue weighted by molar-refractivity contribution is 5.95. The van der Waals surface area contributed by atoms with Gasteiger partial charge in [-0.1, -0.05) is 0 Å². The zero-order valence-corrected chi connectivity index (χ0v) is 8.18. The zero-order chi connectivity index (χ0) is 11.6. The summed E-state index contributed by atoms with van der Waals surface area (Å²) in [5, 5.41) is 0. The standard InChI is InChI=1S/C10H9F3O2/c1-5(14)6-3-8(11)9(15-2)4-7(6)10(12)13/h3-4,10H,1-2H3. The maximum Gasteiger partial charge on any atom is 0.264 e. The smallest absolute Gasteiger partial charge is 0.264 e. The van der Waals surface area contributed by atoms with Gasteiger partial charge >= 0.3 is 0 Å². The molecular formula is C10H9F3O2. The lowest BCUT2D eigenvalue weighted by Gasteiger charge is -2.09. The van der Waals surface area contributed by atoms with Gasteiger partial charge in [-0.25, -0.2) is 13.2 Å². The maximum absolute atomic E-state index is 13.1. The number of hydrogen-bond acceptors (Lipinski definition) is 2. The van der Waals surface area contributed by atoms with Gasteiger partial charge in [0.1, 0.15) is 0 Å². The van der Waals surface area contributed by atoms with E-state index in [4.69, 9.17) is 0 Å². The zero-order valence-electron chi connectivity index (χ0n) is 8.18. The fourth-order valence-corrected chi connectivity index (χ4v) is 1.21. The second-order valence-corrected chi connectivity index (χ2v) is 2.93. The van der Waals surface area contributed by atoms with Crippen molar-refractivity contribution in [1.29, 1.82) is 0 Å². The van der Waals surface area contributed by atoms with Crippen LogP contribution in [-0.4, -0.2) is 12.9 Å². The first-order valence-electron chi connectivity index (χ1n) is 4.14. The number of methoxy groups -OCH3 is 1. The van der Waals surface area contributed by atoms with Crippen LogP contribution in [0.3, 0.4) is 0 Å². The molecule has 0 N–H and O–H groups in total. The predicted octanol–water partition coefficient (Wildman–Crippen LogP) is 2.97. The largest absolute Gasteiger partial charge is 0.494 e. The molecule has 82 valence electrons. The topological polar surface area (TPSA) is 26.3 Å². The average Bonchev–Trinajstić information content (AvgIpc) is 2.16. The first kappa shape index (κ1) is 11.6. The number of hydrogen-bond donors (Lipinski definition) is 0. The maximum atomic E-state index is 13.1. The van der Waals surface area contributed by atoms with E-state index in [9.17, 15) is 18.0 Å². The minimum absolute atomic E-state index is 0.296. The van der Waals surface area contributed by atoms with Crippen LogP contribution in [-0.2, 0) is 0 Å². The number of carbonyl (C=O) groups excluding carboxylic acids is 1. The summed E-state index contributed by atoms with van der Waals surface area (Å²) < 4.78 is 42.7. The van der Waals surface area contributed by atoms with Crippen molar-refractivity contribution in [3.8, 4) is 5.75 Å². The number of ether oxygens (including phenoxy) is 1. The van der Waals surface area contributed by atoms with E-state index < -0.39 is 23.6 Å². The lowest BCUT2D eigenvalue weighted by molar-refractivity contribution is 0.0998. The molecule has 0 amide bonds. The van der Waals surface area contributed by atoms with E-state index in [-0.39, 0.29) is 11.3 Å². The Bertz CT molecular complexity index is 388. The summed E-state index contributed by atoms with van der Waals surface area (Å²) in [5.41, 5.74) is -0.830. The van der Waals surface area contributed by atoms with Gasteiger partial charge in [0.05, 0.1) is 7.11 Å². The third-order valence-corrected chi connectivity index (χ3v) is 1.94. The van der Waals surface area contributed by atoms with Gasteiger partial charge in [0, 0.05) is 11.1 Å². The minimum atomic E-state index is -2.83. The number of alkyl halides is 2. The summed E-state index contributed by atoms with van der Waals surface area (Å²) in [6, 6.07) is 1.61. The molecule has 0 saturated heterocycles. The highest BCUT2D eigenvalue weighted by atomic mass is 19.3. The monoisotopic (exact) mass is 218 g/mol. The molecule has 0 heterocycles. The van der Waals surface area contributed by atoms with Crippen molar-refractivity contribution in [2.45, 2.75) is 13.3 Å². The van der Waals surface area contributed by atoms with E-state index in [1.807, 2.05) is 0 Å². The third kappa shape index (κ3) is 2.29. The number of benzene rings is 1. The van der Waals surface area contributed by atoms with Crippen molar-refractivity contribution in [2.75, 3.05) is 7.11 Å². The summed E-state index contributed by atoms with van der Waals surface area (Å²) >= 11 is 0. The Hall–Kier alpha value is -1.52. The molecule has 0 fully saturated rings. The molecule has 1 rings (SSSR count). The summed E-state index contributed by atoms with van der Waals surface area (Å²) in [7, 11) is 1.17. The Labute approximate surface area is 84.7 Å². The van der Waals surface area contributed by atoms with E-state index in [1.54, 1.807) is 0 Å². The van der Waals surface area contributed by atoms with Crippen LogP contribution in [0, 0.1) is 5.82 Å². The summed E-state index contributed by atoms with van der Waals surface area (Å²) in [6.07, 6.45) is -2.83. The highest BCUT2D eigenvalue weighted by Gasteiger charge is 2.19. The van der Waals surface area contributed by atoms with Gasteiger partial charge in [0.15, 0.2) is 17.3 Å². The molecule has 0 spiro atoms. The quantitative estimate of drug-likeness (QED) is 0.729. The van der Waals surface area contributed by atoms with Crippen molar-refractivity contribution in [3.05, 3.63) is 29.1 Å². The normalized spacial score (nSPS) is 10.5. The first-order chi connectivity index (χ1) is 6.97. The van der Waals surface area contributed by atoms with Gasteiger partial charge < -0.3 is 4.74 Å². The van der Waals surface area contributed by atoms with Crippen molar-refractivity contribution in [3.63, 3.8) is 0 Å². The lowest BCUT2D eigenvalue weighted by Crippen LogP contribution is -2.03. The van der Waals surface area contributed by atoms with Crippen LogP contribution >= 0.6 is 0 Å². The van der Waals surface area contributed by atoms with Crippen molar-refractivity contribution in [2.24, 2.45) is 0 Å². The summed E-state index contributed by atoms with van der Waals surface area (Å²) in [4.78, 5) is 11.0. The second-order valence-electron chi connectivity index (χ2n) is 2.93. The van der Waals surface area contributed by atoms with Gasteiger partial charge in [0.2, 0.25) is 0 Å². The molecule has 0 unspecified atom stereocenters. The van der Waals surface area contributed by atoms with Crippen LogP contribution in [0.15, 0.2) is 12.1 Å². The number of ketones is 1. The lowest BCUT2D eigenvalue weighted by atomic mass is 10.0. The van der Waals surface area contributed by atoms with E-state index in [0.717, 1.165) is 19.1 Å². The fourth-order valence-electron chi connectivity index (χ4n) is 1.21. The second kappa shape index (κ2) is 4.33. The Morgan fingerprint density at radius 2 is 2.00 bits per heavy atom. The summed E-state index contributed by atoms with van der Waals surface area (Å²) in [6.45, 7) is 1.10. The van der Waals surface area contributed by atoms with Crippen molar-refractivity contribution >= 4 is 5.78 Å². The fraction of sp³-hybridized carbons (Fsp3) is 0.300. The number of halogens is 3. The average molecular weight is 218 g/mol. The van der Waals surface area contributed by atoms with Gasteiger partial charge in [-0.05, 0) is 19.1 Å². The Kier molecular flexibility index (Phi) is 3.34. The van der Waals surface area contributed by atoms with Crippen molar-refractivity contribution < 1.29 is 22.7 Å². The molecule has 15 heavy (non-hydrogen) atoms. The van der Waals surface area contributed by atoms with Gasteiger partial charge in [-0.15, -0.1) is 0 Å². The molecule has 0 atom stereocenters. The molecule has 1 aromatic carbocycles. The summed E-state index contributed by atoms with van der Waals surface area (Å²) in [5.74, 6) is -1.73. The van der Waals surface area contributed by atoms with E-state index in [0.29, 0.717) is 0 Å². The minimum Gasteiger partial charge on any atom is -0.494 e. The first-order valence-corrected chi connectivity index (χ1v) is 4.14. The van der Waals surface area contributed by atoms with Crippen LogP contribution in [0.25, 0.3) is 0 Å². The number of rotatable bonds is 3. The van der Waals surface area contributed by atoms with Crippen LogP contribution in [0.2, 0.25) is 0 Å². The molecule has 0 radical (unpaired) electrons. The van der Waals surface area contributed by atoms with Gasteiger partial charge in [0.25, 0.3) is 6.43 Å². The molecule has 0 aliphatic heterocycles. The molecule has 0 aliphatic rings.